The number of hydrogen-bond acceptors (Lipinski definition) is 3. The van der Waals surface area contributed by atoms with Crippen molar-refractivity contribution in [3.63, 3.8) is 0 Å². The summed E-state index contributed by atoms with van der Waals surface area (Å²) in [5.41, 5.74) is 1.02. The van der Waals surface area contributed by atoms with E-state index in [1.54, 1.807) is 24.4 Å². The smallest absolute Gasteiger partial charge is 0.235 e. The van der Waals surface area contributed by atoms with Crippen molar-refractivity contribution in [1.82, 2.24) is 4.98 Å². The van der Waals surface area contributed by atoms with Crippen molar-refractivity contribution in [3.8, 4) is 5.75 Å². The number of benzene rings is 2. The summed E-state index contributed by atoms with van der Waals surface area (Å²) in [4.78, 5) is 17.8. The normalized spacial score (nSPS) is 15.5. The maximum Gasteiger partial charge on any atom is 0.235 e. The maximum absolute atomic E-state index is 14.6. The molecule has 1 aliphatic rings. The first-order chi connectivity index (χ1) is 13.7. The number of nitrogens with one attached hydrogen (secondary N) is 1. The molecule has 28 heavy (non-hydrogen) atoms. The summed E-state index contributed by atoms with van der Waals surface area (Å²) in [6.07, 6.45) is 4.81. The fraction of sp³-hybridized carbons (Fsp3) is 0.304. The number of anilines is 1. The van der Waals surface area contributed by atoms with Gasteiger partial charge in [-0.3, -0.25) is 9.78 Å². The molecule has 0 radical (unpaired) electrons. The Balaban J connectivity index is 1.73. The Bertz CT molecular complexity index is 1010. The molecule has 1 aliphatic carbocycles. The summed E-state index contributed by atoms with van der Waals surface area (Å²) < 4.78 is 20.2. The number of nitrogens with zero attached hydrogens (tertiary/aromatic N) is 1. The van der Waals surface area contributed by atoms with Gasteiger partial charge in [0.05, 0.1) is 17.7 Å². The van der Waals surface area contributed by atoms with Gasteiger partial charge in [0.25, 0.3) is 0 Å². The van der Waals surface area contributed by atoms with Gasteiger partial charge < -0.3 is 10.1 Å². The summed E-state index contributed by atoms with van der Waals surface area (Å²) in [6.45, 7) is 2.45. The standard InChI is InChI=1S/C23H23FN2O2/c1-2-28-20-12-11-19(16-8-7-15-25-21(16)20)26-22(27)23(13-5-6-14-23)17-9-3-4-10-18(17)24/h3-4,7-12,15H,2,5-6,13-14H2,1H3,(H,26,27). The topological polar surface area (TPSA) is 51.2 Å². The molecule has 0 bridgehead atoms. The molecule has 0 saturated heterocycles. The number of ether oxygens (including phenoxy) is 1. The zero-order valence-electron chi connectivity index (χ0n) is 15.9. The highest BCUT2D eigenvalue weighted by Gasteiger charge is 2.44. The Morgan fingerprint density at radius 1 is 1.14 bits per heavy atom. The van der Waals surface area contributed by atoms with Crippen LogP contribution >= 0.6 is 0 Å². The number of pyridine rings is 1. The molecule has 4 rings (SSSR count). The first-order valence-electron chi connectivity index (χ1n) is 9.73. The van der Waals surface area contributed by atoms with Crippen molar-refractivity contribution in [2.75, 3.05) is 11.9 Å². The van der Waals surface area contributed by atoms with Crippen LogP contribution in [0.15, 0.2) is 54.7 Å². The van der Waals surface area contributed by atoms with Gasteiger partial charge in [-0.1, -0.05) is 31.0 Å². The van der Waals surface area contributed by atoms with Crippen LogP contribution in [0.4, 0.5) is 10.1 Å². The third-order valence-electron chi connectivity index (χ3n) is 5.56. The third-order valence-corrected chi connectivity index (χ3v) is 5.56. The van der Waals surface area contributed by atoms with Crippen LogP contribution in [-0.2, 0) is 10.2 Å². The number of carbonyl (C=O) groups is 1. The zero-order valence-corrected chi connectivity index (χ0v) is 15.9. The molecule has 2 aromatic carbocycles. The first kappa shape index (κ1) is 18.4. The van der Waals surface area contributed by atoms with Crippen molar-refractivity contribution in [2.45, 2.75) is 38.0 Å². The molecule has 1 aromatic heterocycles. The average Bonchev–Trinajstić information content (AvgIpc) is 3.21. The number of carbonyl (C=O) groups excluding carboxylic acids is 1. The Morgan fingerprint density at radius 2 is 1.93 bits per heavy atom. The molecule has 5 heteroatoms. The summed E-state index contributed by atoms with van der Waals surface area (Å²) in [7, 11) is 0. The second-order valence-corrected chi connectivity index (χ2v) is 7.17. The van der Waals surface area contributed by atoms with Gasteiger partial charge in [-0.2, -0.15) is 0 Å². The molecule has 3 aromatic rings. The molecule has 0 aliphatic heterocycles. The number of amides is 1. The summed E-state index contributed by atoms with van der Waals surface area (Å²) in [6, 6.07) is 14.0. The van der Waals surface area contributed by atoms with E-state index in [4.69, 9.17) is 4.74 Å². The monoisotopic (exact) mass is 378 g/mol. The van der Waals surface area contributed by atoms with Gasteiger partial charge >= 0.3 is 0 Å². The van der Waals surface area contributed by atoms with E-state index < -0.39 is 5.41 Å². The molecule has 1 heterocycles. The summed E-state index contributed by atoms with van der Waals surface area (Å²) >= 11 is 0. The minimum Gasteiger partial charge on any atom is -0.492 e. The van der Waals surface area contributed by atoms with E-state index in [2.05, 4.69) is 10.3 Å². The van der Waals surface area contributed by atoms with E-state index in [9.17, 15) is 9.18 Å². The van der Waals surface area contributed by atoms with E-state index >= 15 is 0 Å². The highest BCUT2D eigenvalue weighted by molar-refractivity contribution is 6.06. The van der Waals surface area contributed by atoms with Gasteiger partial charge in [-0.15, -0.1) is 0 Å². The predicted octanol–water partition coefficient (Wildman–Crippen LogP) is 5.22. The first-order valence-corrected chi connectivity index (χ1v) is 9.73. The largest absolute Gasteiger partial charge is 0.492 e. The maximum atomic E-state index is 14.6. The van der Waals surface area contributed by atoms with Gasteiger partial charge in [-0.05, 0) is 50.1 Å². The fourth-order valence-electron chi connectivity index (χ4n) is 4.22. The molecule has 1 N–H and O–H groups in total. The lowest BCUT2D eigenvalue weighted by atomic mass is 9.77. The predicted molar refractivity (Wildman–Crippen MR) is 108 cm³/mol. The lowest BCUT2D eigenvalue weighted by Crippen LogP contribution is -2.38. The second-order valence-electron chi connectivity index (χ2n) is 7.17. The van der Waals surface area contributed by atoms with E-state index in [1.807, 2.05) is 31.2 Å². The Kier molecular flexibility index (Phi) is 4.99. The zero-order chi connectivity index (χ0) is 19.6. The van der Waals surface area contributed by atoms with Gasteiger partial charge in [0, 0.05) is 17.1 Å². The third kappa shape index (κ3) is 3.11. The average molecular weight is 378 g/mol. The quantitative estimate of drug-likeness (QED) is 0.662. The molecule has 1 amide bonds. The lowest BCUT2D eigenvalue weighted by molar-refractivity contribution is -0.121. The van der Waals surface area contributed by atoms with Crippen LogP contribution in [0.1, 0.15) is 38.2 Å². The summed E-state index contributed by atoms with van der Waals surface area (Å²) in [5, 5.41) is 3.87. The fourth-order valence-corrected chi connectivity index (χ4v) is 4.22. The molecule has 0 spiro atoms. The van der Waals surface area contributed by atoms with Crippen LogP contribution in [0.25, 0.3) is 10.9 Å². The van der Waals surface area contributed by atoms with E-state index in [0.29, 0.717) is 42.0 Å². The van der Waals surface area contributed by atoms with Crippen molar-refractivity contribution < 1.29 is 13.9 Å². The molecule has 0 atom stereocenters. The van der Waals surface area contributed by atoms with Crippen molar-refractivity contribution >= 4 is 22.5 Å². The van der Waals surface area contributed by atoms with E-state index in [0.717, 1.165) is 18.2 Å². The van der Waals surface area contributed by atoms with Crippen LogP contribution in [0.5, 0.6) is 5.75 Å². The highest BCUT2D eigenvalue weighted by atomic mass is 19.1. The minimum atomic E-state index is -0.835. The number of fused-ring (bicyclic) bond motifs is 1. The second kappa shape index (κ2) is 7.58. The molecular weight excluding hydrogens is 355 g/mol. The molecule has 1 fully saturated rings. The van der Waals surface area contributed by atoms with E-state index in [1.165, 1.54) is 6.07 Å². The summed E-state index contributed by atoms with van der Waals surface area (Å²) in [5.74, 6) is 0.197. The van der Waals surface area contributed by atoms with Crippen LogP contribution in [0.2, 0.25) is 0 Å². The number of rotatable bonds is 5. The van der Waals surface area contributed by atoms with Crippen LogP contribution in [-0.4, -0.2) is 17.5 Å². The molecular formula is C23H23FN2O2. The Hall–Kier alpha value is -2.95. The van der Waals surface area contributed by atoms with Gasteiger partial charge in [0.15, 0.2) is 0 Å². The van der Waals surface area contributed by atoms with Gasteiger partial charge in [-0.25, -0.2) is 4.39 Å². The van der Waals surface area contributed by atoms with Crippen molar-refractivity contribution in [2.24, 2.45) is 0 Å². The van der Waals surface area contributed by atoms with Crippen molar-refractivity contribution in [1.29, 1.82) is 0 Å². The Labute approximate surface area is 163 Å². The van der Waals surface area contributed by atoms with Crippen LogP contribution in [0, 0.1) is 5.82 Å². The van der Waals surface area contributed by atoms with Crippen LogP contribution < -0.4 is 10.1 Å². The van der Waals surface area contributed by atoms with Crippen LogP contribution in [0.3, 0.4) is 0 Å². The molecule has 144 valence electrons. The lowest BCUT2D eigenvalue weighted by Gasteiger charge is -2.29. The number of aromatic nitrogens is 1. The number of hydrogen-bond donors (Lipinski definition) is 1. The van der Waals surface area contributed by atoms with Gasteiger partial charge in [0.1, 0.15) is 17.1 Å². The minimum absolute atomic E-state index is 0.163. The SMILES string of the molecule is CCOc1ccc(NC(=O)C2(c3ccccc3F)CCCC2)c2cccnc12. The number of halogens is 1. The molecule has 0 unspecified atom stereocenters. The molecule has 4 nitrogen and oxygen atoms in total. The van der Waals surface area contributed by atoms with Gasteiger partial charge in [0.2, 0.25) is 5.91 Å². The van der Waals surface area contributed by atoms with Crippen molar-refractivity contribution in [3.05, 3.63) is 66.1 Å². The highest BCUT2D eigenvalue weighted by Crippen LogP contribution is 2.43. The molecule has 1 saturated carbocycles. The van der Waals surface area contributed by atoms with E-state index in [-0.39, 0.29) is 11.7 Å². The Morgan fingerprint density at radius 3 is 2.68 bits per heavy atom.